The summed E-state index contributed by atoms with van der Waals surface area (Å²) in [5, 5.41) is 14.6. The summed E-state index contributed by atoms with van der Waals surface area (Å²) in [5.41, 5.74) is 0.429. The minimum atomic E-state index is -0.563. The summed E-state index contributed by atoms with van der Waals surface area (Å²) in [5.74, 6) is 0.396. The number of aliphatic imine (C=N–C) groups is 1. The van der Waals surface area contributed by atoms with E-state index in [0.29, 0.717) is 31.3 Å². The molecule has 0 radical (unpaired) electrons. The van der Waals surface area contributed by atoms with Crippen molar-refractivity contribution in [3.63, 3.8) is 0 Å². The maximum absolute atomic E-state index is 14.0. The van der Waals surface area contributed by atoms with Gasteiger partial charge in [0.05, 0.1) is 5.69 Å². The van der Waals surface area contributed by atoms with E-state index < -0.39 is 11.6 Å². The number of halogens is 2. The van der Waals surface area contributed by atoms with E-state index in [-0.39, 0.29) is 6.04 Å². The van der Waals surface area contributed by atoms with Crippen LogP contribution in [0.1, 0.15) is 26.1 Å². The molecule has 146 valence electrons. The van der Waals surface area contributed by atoms with Crippen molar-refractivity contribution < 1.29 is 8.78 Å². The zero-order chi connectivity index (χ0) is 19.2. The first kappa shape index (κ1) is 19.1. The van der Waals surface area contributed by atoms with Gasteiger partial charge in [-0.25, -0.2) is 13.8 Å². The molecule has 0 saturated carbocycles. The third kappa shape index (κ3) is 4.72. The summed E-state index contributed by atoms with van der Waals surface area (Å²) in [6.45, 7) is 7.30. The van der Waals surface area contributed by atoms with Crippen molar-refractivity contribution in [3.05, 3.63) is 42.0 Å². The zero-order valence-corrected chi connectivity index (χ0v) is 15.6. The predicted molar refractivity (Wildman–Crippen MR) is 101 cm³/mol. The van der Waals surface area contributed by atoms with Gasteiger partial charge in [0.15, 0.2) is 11.8 Å². The van der Waals surface area contributed by atoms with Gasteiger partial charge < -0.3 is 20.1 Å². The molecule has 0 bridgehead atoms. The Bertz CT molecular complexity index is 790. The summed E-state index contributed by atoms with van der Waals surface area (Å²) in [4.78, 5) is 6.50. The van der Waals surface area contributed by atoms with Crippen LogP contribution >= 0.6 is 0 Å². The highest BCUT2D eigenvalue weighted by Crippen LogP contribution is 2.24. The molecule has 0 amide bonds. The molecule has 7 nitrogen and oxygen atoms in total. The van der Waals surface area contributed by atoms with Gasteiger partial charge in [0.25, 0.3) is 0 Å². The Morgan fingerprint density at radius 3 is 2.93 bits per heavy atom. The fourth-order valence-electron chi connectivity index (χ4n) is 3.16. The molecular weight excluding hydrogens is 352 g/mol. The number of guanidine groups is 1. The maximum Gasteiger partial charge on any atom is 0.191 e. The molecule has 1 aliphatic heterocycles. The molecule has 1 saturated heterocycles. The minimum absolute atomic E-state index is 0.122. The molecule has 1 unspecified atom stereocenters. The molecule has 1 atom stereocenters. The number of benzene rings is 1. The number of nitrogens with one attached hydrogen (secondary N) is 2. The molecular formula is C18H25F2N7. The van der Waals surface area contributed by atoms with Crippen LogP contribution in [0.15, 0.2) is 29.5 Å². The SMILES string of the molecule is CCNC(=NCc1nncn1CC)NC1CCN(c2ccc(F)cc2F)C1. The van der Waals surface area contributed by atoms with Crippen LogP contribution in [-0.2, 0) is 13.1 Å². The van der Waals surface area contributed by atoms with E-state index >= 15 is 0 Å². The van der Waals surface area contributed by atoms with Gasteiger partial charge >= 0.3 is 0 Å². The lowest BCUT2D eigenvalue weighted by Gasteiger charge is -2.21. The normalized spacial score (nSPS) is 17.4. The van der Waals surface area contributed by atoms with Gasteiger partial charge in [-0.1, -0.05) is 0 Å². The van der Waals surface area contributed by atoms with Crippen molar-refractivity contribution in [2.45, 2.75) is 39.4 Å². The van der Waals surface area contributed by atoms with Crippen LogP contribution in [0.5, 0.6) is 0 Å². The molecule has 3 rings (SSSR count). The fourth-order valence-corrected chi connectivity index (χ4v) is 3.16. The first-order valence-electron chi connectivity index (χ1n) is 9.22. The molecule has 0 spiro atoms. The number of anilines is 1. The number of hydrogen-bond donors (Lipinski definition) is 2. The molecule has 2 aromatic rings. The first-order chi connectivity index (χ1) is 13.1. The lowest BCUT2D eigenvalue weighted by molar-refractivity contribution is 0.580. The van der Waals surface area contributed by atoms with Crippen molar-refractivity contribution in [2.24, 2.45) is 4.99 Å². The van der Waals surface area contributed by atoms with Crippen molar-refractivity contribution in [3.8, 4) is 0 Å². The summed E-state index contributed by atoms with van der Waals surface area (Å²) in [6.07, 6.45) is 2.53. The molecule has 1 aromatic carbocycles. The quantitative estimate of drug-likeness (QED) is 0.595. The predicted octanol–water partition coefficient (Wildman–Crippen LogP) is 1.91. The van der Waals surface area contributed by atoms with E-state index in [1.54, 1.807) is 6.33 Å². The maximum atomic E-state index is 14.0. The number of nitrogens with zero attached hydrogens (tertiary/aromatic N) is 5. The van der Waals surface area contributed by atoms with Crippen LogP contribution in [-0.4, -0.2) is 46.4 Å². The first-order valence-corrected chi connectivity index (χ1v) is 9.22. The summed E-state index contributed by atoms with van der Waals surface area (Å²) in [7, 11) is 0. The van der Waals surface area contributed by atoms with Crippen molar-refractivity contribution in [1.29, 1.82) is 0 Å². The Hall–Kier alpha value is -2.71. The Labute approximate surface area is 157 Å². The van der Waals surface area contributed by atoms with Crippen molar-refractivity contribution in [2.75, 3.05) is 24.5 Å². The van der Waals surface area contributed by atoms with E-state index in [0.717, 1.165) is 31.4 Å². The standard InChI is InChI=1S/C18H25F2N7/c1-3-21-18(22-10-17-25-23-12-26(17)4-2)24-14-7-8-27(11-14)16-6-5-13(19)9-15(16)20/h5-6,9,12,14H,3-4,7-8,10-11H2,1-2H3,(H2,21,22,24). The van der Waals surface area contributed by atoms with Crippen LogP contribution in [0.3, 0.4) is 0 Å². The number of aromatic nitrogens is 3. The Kier molecular flexibility index (Phi) is 6.20. The molecule has 1 fully saturated rings. The Morgan fingerprint density at radius 2 is 2.19 bits per heavy atom. The third-order valence-corrected chi connectivity index (χ3v) is 4.54. The van der Waals surface area contributed by atoms with E-state index in [1.165, 1.54) is 12.1 Å². The van der Waals surface area contributed by atoms with E-state index in [1.807, 2.05) is 23.3 Å². The third-order valence-electron chi connectivity index (χ3n) is 4.54. The van der Waals surface area contributed by atoms with Gasteiger partial charge in [0.1, 0.15) is 24.5 Å². The largest absolute Gasteiger partial charge is 0.367 e. The highest BCUT2D eigenvalue weighted by atomic mass is 19.1. The Morgan fingerprint density at radius 1 is 1.33 bits per heavy atom. The van der Waals surface area contributed by atoms with Crippen LogP contribution in [0.4, 0.5) is 14.5 Å². The number of hydrogen-bond acceptors (Lipinski definition) is 4. The molecule has 1 aliphatic rings. The number of aryl methyl sites for hydroxylation is 1. The molecule has 1 aromatic heterocycles. The second-order valence-corrected chi connectivity index (χ2v) is 6.40. The molecule has 2 N–H and O–H groups in total. The van der Waals surface area contributed by atoms with E-state index in [2.05, 4.69) is 25.8 Å². The minimum Gasteiger partial charge on any atom is -0.367 e. The highest BCUT2D eigenvalue weighted by Gasteiger charge is 2.25. The van der Waals surface area contributed by atoms with Gasteiger partial charge in [-0.15, -0.1) is 10.2 Å². The van der Waals surface area contributed by atoms with E-state index in [4.69, 9.17) is 0 Å². The van der Waals surface area contributed by atoms with E-state index in [9.17, 15) is 8.78 Å². The second-order valence-electron chi connectivity index (χ2n) is 6.40. The fraction of sp³-hybridized carbons (Fsp3) is 0.500. The lowest BCUT2D eigenvalue weighted by atomic mass is 10.2. The van der Waals surface area contributed by atoms with Crippen LogP contribution in [0, 0.1) is 11.6 Å². The molecule has 0 aliphatic carbocycles. The smallest absolute Gasteiger partial charge is 0.191 e. The highest BCUT2D eigenvalue weighted by molar-refractivity contribution is 5.80. The topological polar surface area (TPSA) is 70.4 Å². The Balaban J connectivity index is 1.62. The summed E-state index contributed by atoms with van der Waals surface area (Å²) >= 11 is 0. The van der Waals surface area contributed by atoms with Gasteiger partial charge in [-0.2, -0.15) is 0 Å². The van der Waals surface area contributed by atoms with Gasteiger partial charge in [0, 0.05) is 38.3 Å². The molecule has 9 heteroatoms. The average molecular weight is 377 g/mol. The summed E-state index contributed by atoms with van der Waals surface area (Å²) in [6, 6.07) is 3.82. The molecule has 27 heavy (non-hydrogen) atoms. The van der Waals surface area contributed by atoms with Crippen LogP contribution in [0.2, 0.25) is 0 Å². The lowest BCUT2D eigenvalue weighted by Crippen LogP contribution is -2.44. The van der Waals surface area contributed by atoms with Crippen molar-refractivity contribution in [1.82, 2.24) is 25.4 Å². The van der Waals surface area contributed by atoms with Crippen LogP contribution < -0.4 is 15.5 Å². The summed E-state index contributed by atoms with van der Waals surface area (Å²) < 4.78 is 29.1. The molecule has 2 heterocycles. The van der Waals surface area contributed by atoms with Gasteiger partial charge in [0.2, 0.25) is 0 Å². The van der Waals surface area contributed by atoms with Gasteiger partial charge in [-0.05, 0) is 32.4 Å². The second kappa shape index (κ2) is 8.79. The van der Waals surface area contributed by atoms with Gasteiger partial charge in [-0.3, -0.25) is 0 Å². The monoisotopic (exact) mass is 377 g/mol. The van der Waals surface area contributed by atoms with Crippen LogP contribution in [0.25, 0.3) is 0 Å². The number of rotatable bonds is 6. The average Bonchev–Trinajstić information content (AvgIpc) is 3.29. The zero-order valence-electron chi connectivity index (χ0n) is 15.6. The van der Waals surface area contributed by atoms with Crippen molar-refractivity contribution >= 4 is 11.6 Å².